The summed E-state index contributed by atoms with van der Waals surface area (Å²) in [6, 6.07) is 5.20. The third kappa shape index (κ3) is 6.42. The van der Waals surface area contributed by atoms with Gasteiger partial charge in [-0.25, -0.2) is 9.78 Å². The van der Waals surface area contributed by atoms with Gasteiger partial charge in [-0.2, -0.15) is 13.2 Å². The van der Waals surface area contributed by atoms with Gasteiger partial charge in [-0.1, -0.05) is 6.07 Å². The highest BCUT2D eigenvalue weighted by atomic mass is 19.4. The quantitative estimate of drug-likeness (QED) is 0.788. The number of benzene rings is 1. The van der Waals surface area contributed by atoms with Crippen LogP contribution >= 0.6 is 0 Å². The predicted octanol–water partition coefficient (Wildman–Crippen LogP) is 3.90. The average molecular weight is 387 g/mol. The molecule has 2 aromatic rings. The first-order valence-corrected chi connectivity index (χ1v) is 8.61. The Labute approximate surface area is 155 Å². The van der Waals surface area contributed by atoms with Crippen LogP contribution in [0.2, 0.25) is 0 Å². The lowest BCUT2D eigenvalue weighted by Gasteiger charge is -2.19. The van der Waals surface area contributed by atoms with Crippen LogP contribution in [0.3, 0.4) is 0 Å². The molecule has 1 heterocycles. The van der Waals surface area contributed by atoms with E-state index in [4.69, 9.17) is 4.74 Å². The highest BCUT2D eigenvalue weighted by Gasteiger charge is 2.26. The normalized spacial score (nSPS) is 12.4. The third-order valence-electron chi connectivity index (χ3n) is 3.71. The number of rotatable bonds is 6. The van der Waals surface area contributed by atoms with Crippen molar-refractivity contribution in [2.75, 3.05) is 0 Å². The number of aryl methyl sites for hydroxylation is 1. The smallest absolute Gasteiger partial charge is 0.407 e. The number of carbonyl (C=O) groups is 1. The highest BCUT2D eigenvalue weighted by Crippen LogP contribution is 2.24. The van der Waals surface area contributed by atoms with Crippen LogP contribution in [0.1, 0.15) is 45.0 Å². The number of fused-ring (bicyclic) bond motifs is 1. The minimum atomic E-state index is -4.21. The predicted molar refractivity (Wildman–Crippen MR) is 94.0 cm³/mol. The SMILES string of the molecule is CC(C)(C)OC(=O)NCc1ccc2c(c1)nc(CO)n2CCCC(F)(F)F. The number of aromatic nitrogens is 2. The van der Waals surface area contributed by atoms with Gasteiger partial charge in [0.1, 0.15) is 18.0 Å². The summed E-state index contributed by atoms with van der Waals surface area (Å²) in [7, 11) is 0. The zero-order valence-corrected chi connectivity index (χ0v) is 15.6. The molecule has 1 aromatic heterocycles. The number of alkyl halides is 3. The molecule has 0 aliphatic carbocycles. The van der Waals surface area contributed by atoms with Gasteiger partial charge in [-0.05, 0) is 44.9 Å². The first-order valence-electron chi connectivity index (χ1n) is 8.61. The number of aliphatic hydroxyl groups excluding tert-OH is 1. The summed E-state index contributed by atoms with van der Waals surface area (Å²) >= 11 is 0. The second-order valence-electron chi connectivity index (χ2n) is 7.24. The monoisotopic (exact) mass is 387 g/mol. The van der Waals surface area contributed by atoms with Crippen LogP contribution in [-0.2, 0) is 24.4 Å². The van der Waals surface area contributed by atoms with E-state index < -0.39 is 24.3 Å². The summed E-state index contributed by atoms with van der Waals surface area (Å²) in [5, 5.41) is 12.1. The summed E-state index contributed by atoms with van der Waals surface area (Å²) in [6.45, 7) is 5.26. The van der Waals surface area contributed by atoms with Crippen LogP contribution in [0.5, 0.6) is 0 Å². The van der Waals surface area contributed by atoms with E-state index in [1.54, 1.807) is 43.5 Å². The van der Waals surface area contributed by atoms with Gasteiger partial charge in [0.15, 0.2) is 0 Å². The van der Waals surface area contributed by atoms with Gasteiger partial charge in [0.05, 0.1) is 11.0 Å². The molecule has 0 unspecified atom stereocenters. The summed E-state index contributed by atoms with van der Waals surface area (Å²) in [6.07, 6.45) is -5.74. The zero-order valence-electron chi connectivity index (χ0n) is 15.6. The number of amides is 1. The fraction of sp³-hybridized carbons (Fsp3) is 0.556. The molecule has 1 amide bonds. The number of halogens is 3. The van der Waals surface area contributed by atoms with E-state index in [1.165, 1.54) is 0 Å². The van der Waals surface area contributed by atoms with Crippen LogP contribution in [0, 0.1) is 0 Å². The standard InChI is InChI=1S/C18H24F3N3O3/c1-17(2,3)27-16(26)22-10-12-5-6-14-13(9-12)23-15(11-25)24(14)8-4-7-18(19,20)21/h5-6,9,25H,4,7-8,10-11H2,1-3H3,(H,22,26). The molecule has 0 aliphatic rings. The molecule has 0 saturated carbocycles. The van der Waals surface area contributed by atoms with Crippen LogP contribution in [-0.4, -0.2) is 32.5 Å². The Morgan fingerprint density at radius 2 is 2.00 bits per heavy atom. The Kier molecular flexibility index (Phi) is 6.35. The first-order chi connectivity index (χ1) is 12.5. The van der Waals surface area contributed by atoms with Gasteiger partial charge < -0.3 is 19.7 Å². The molecule has 0 radical (unpaired) electrons. The largest absolute Gasteiger partial charge is 0.444 e. The Hall–Kier alpha value is -2.29. The van der Waals surface area contributed by atoms with E-state index in [0.29, 0.717) is 16.9 Å². The lowest BCUT2D eigenvalue weighted by molar-refractivity contribution is -0.135. The summed E-state index contributed by atoms with van der Waals surface area (Å²) in [4.78, 5) is 16.0. The maximum Gasteiger partial charge on any atom is 0.407 e. The average Bonchev–Trinajstić information content (AvgIpc) is 2.87. The fourth-order valence-electron chi connectivity index (χ4n) is 2.63. The summed E-state index contributed by atoms with van der Waals surface area (Å²) in [5.41, 5.74) is 1.36. The van der Waals surface area contributed by atoms with Crippen molar-refractivity contribution < 1.29 is 27.8 Å². The molecule has 0 saturated heterocycles. The van der Waals surface area contributed by atoms with Crippen LogP contribution < -0.4 is 5.32 Å². The van der Waals surface area contributed by atoms with Gasteiger partial charge in [-0.15, -0.1) is 0 Å². The highest BCUT2D eigenvalue weighted by molar-refractivity contribution is 5.77. The minimum absolute atomic E-state index is 0.0933. The molecule has 0 bridgehead atoms. The van der Waals surface area contributed by atoms with Crippen LogP contribution in [0.4, 0.5) is 18.0 Å². The molecule has 150 valence electrons. The second kappa shape index (κ2) is 8.16. The number of hydrogen-bond acceptors (Lipinski definition) is 4. The molecule has 0 spiro atoms. The second-order valence-corrected chi connectivity index (χ2v) is 7.24. The number of carbonyl (C=O) groups excluding carboxylic acids is 1. The van der Waals surface area contributed by atoms with Crippen molar-refractivity contribution in [3.63, 3.8) is 0 Å². The maximum atomic E-state index is 12.4. The lowest BCUT2D eigenvalue weighted by Crippen LogP contribution is -2.32. The molecule has 0 atom stereocenters. The maximum absolute atomic E-state index is 12.4. The van der Waals surface area contributed by atoms with E-state index in [-0.39, 0.29) is 26.1 Å². The third-order valence-corrected chi connectivity index (χ3v) is 3.71. The Bertz CT molecular complexity index is 795. The molecule has 0 fully saturated rings. The fourth-order valence-corrected chi connectivity index (χ4v) is 2.63. The Balaban J connectivity index is 2.10. The molecule has 2 rings (SSSR count). The molecule has 2 N–H and O–H groups in total. The molecule has 1 aromatic carbocycles. The van der Waals surface area contributed by atoms with Gasteiger partial charge in [0, 0.05) is 19.5 Å². The van der Waals surface area contributed by atoms with E-state index in [1.807, 2.05) is 0 Å². The number of alkyl carbamates (subject to hydrolysis) is 1. The van der Waals surface area contributed by atoms with Crippen molar-refractivity contribution in [1.29, 1.82) is 0 Å². The van der Waals surface area contributed by atoms with E-state index in [0.717, 1.165) is 5.56 Å². The van der Waals surface area contributed by atoms with Crippen molar-refractivity contribution in [2.24, 2.45) is 0 Å². The van der Waals surface area contributed by atoms with E-state index >= 15 is 0 Å². The van der Waals surface area contributed by atoms with Crippen LogP contribution in [0.25, 0.3) is 11.0 Å². The number of aliphatic hydroxyl groups is 1. The number of nitrogens with one attached hydrogen (secondary N) is 1. The van der Waals surface area contributed by atoms with Crippen molar-refractivity contribution in [3.05, 3.63) is 29.6 Å². The number of nitrogens with zero attached hydrogens (tertiary/aromatic N) is 2. The molecular formula is C18H24F3N3O3. The van der Waals surface area contributed by atoms with Gasteiger partial charge in [-0.3, -0.25) is 0 Å². The molecule has 9 heteroatoms. The van der Waals surface area contributed by atoms with Crippen molar-refractivity contribution >= 4 is 17.1 Å². The summed E-state index contributed by atoms with van der Waals surface area (Å²) < 4.78 is 43.9. The van der Waals surface area contributed by atoms with E-state index in [9.17, 15) is 23.1 Å². The van der Waals surface area contributed by atoms with E-state index in [2.05, 4.69) is 10.3 Å². The molecule has 0 aliphatic heterocycles. The van der Waals surface area contributed by atoms with Crippen LogP contribution in [0.15, 0.2) is 18.2 Å². The topological polar surface area (TPSA) is 76.4 Å². The number of imidazole rings is 1. The number of ether oxygens (including phenoxy) is 1. The van der Waals surface area contributed by atoms with Gasteiger partial charge >= 0.3 is 12.3 Å². The Morgan fingerprint density at radius 3 is 2.59 bits per heavy atom. The van der Waals surface area contributed by atoms with Crippen molar-refractivity contribution in [3.8, 4) is 0 Å². The molecular weight excluding hydrogens is 363 g/mol. The number of hydrogen-bond donors (Lipinski definition) is 2. The van der Waals surface area contributed by atoms with Gasteiger partial charge in [0.25, 0.3) is 0 Å². The van der Waals surface area contributed by atoms with Gasteiger partial charge in [0.2, 0.25) is 0 Å². The van der Waals surface area contributed by atoms with Crippen molar-refractivity contribution in [1.82, 2.24) is 14.9 Å². The van der Waals surface area contributed by atoms with Crippen molar-refractivity contribution in [2.45, 2.75) is 65.1 Å². The molecule has 6 nitrogen and oxygen atoms in total. The first kappa shape index (κ1) is 21.0. The Morgan fingerprint density at radius 1 is 1.30 bits per heavy atom. The minimum Gasteiger partial charge on any atom is -0.444 e. The molecule has 27 heavy (non-hydrogen) atoms. The lowest BCUT2D eigenvalue weighted by atomic mass is 10.2. The zero-order chi connectivity index (χ0) is 20.2. The summed E-state index contributed by atoms with van der Waals surface area (Å²) in [5.74, 6) is 0.310.